The number of aromatic nitrogens is 2. The third-order valence-corrected chi connectivity index (χ3v) is 8.13. The molecule has 190 valence electrons. The molecule has 0 spiro atoms. The van der Waals surface area contributed by atoms with Crippen molar-refractivity contribution in [2.75, 3.05) is 20.2 Å². The Labute approximate surface area is 217 Å². The molecular formula is C25H28ClN5O4S. The highest BCUT2D eigenvalue weighted by atomic mass is 35.5. The molecule has 2 aliphatic rings. The summed E-state index contributed by atoms with van der Waals surface area (Å²) in [4.78, 5) is 48.4. The quantitative estimate of drug-likeness (QED) is 0.422. The summed E-state index contributed by atoms with van der Waals surface area (Å²) in [7, 11) is 1.38. The van der Waals surface area contributed by atoms with E-state index in [1.54, 1.807) is 12.1 Å². The van der Waals surface area contributed by atoms with Crippen molar-refractivity contribution in [1.29, 1.82) is 0 Å². The van der Waals surface area contributed by atoms with Gasteiger partial charge in [-0.3, -0.25) is 19.3 Å². The SMILES string of the molecule is COC(=O)CN1CCc2nc(C(=O)N[C@H]3CCCC[C@H]3NC(=O)c3cc4cc(Cl)ccc4[nH]3)sc2C1. The lowest BCUT2D eigenvalue weighted by atomic mass is 9.90. The van der Waals surface area contributed by atoms with Crippen LogP contribution in [0.25, 0.3) is 10.9 Å². The van der Waals surface area contributed by atoms with Crippen molar-refractivity contribution >= 4 is 51.6 Å². The van der Waals surface area contributed by atoms with Gasteiger partial charge in [0.05, 0.1) is 19.3 Å². The Balaban J connectivity index is 1.23. The summed E-state index contributed by atoms with van der Waals surface area (Å²) in [5, 5.41) is 8.14. The highest BCUT2D eigenvalue weighted by molar-refractivity contribution is 7.13. The van der Waals surface area contributed by atoms with E-state index in [0.717, 1.165) is 47.2 Å². The average molecular weight is 530 g/mol. The number of nitrogens with one attached hydrogen (secondary N) is 3. The zero-order valence-electron chi connectivity index (χ0n) is 19.9. The largest absolute Gasteiger partial charge is 0.468 e. The normalized spacial score (nSPS) is 20.1. The number of thiazole rings is 1. The number of carbonyl (C=O) groups is 3. The van der Waals surface area contributed by atoms with Gasteiger partial charge in [0.25, 0.3) is 11.8 Å². The van der Waals surface area contributed by atoms with Gasteiger partial charge in [-0.2, -0.15) is 0 Å². The third-order valence-electron chi connectivity index (χ3n) is 6.81. The second kappa shape index (κ2) is 10.6. The highest BCUT2D eigenvalue weighted by Crippen LogP contribution is 2.26. The molecule has 3 heterocycles. The average Bonchev–Trinajstić information content (AvgIpc) is 3.49. The first-order valence-electron chi connectivity index (χ1n) is 12.1. The molecule has 5 rings (SSSR count). The number of methoxy groups -OCH3 is 1. The van der Waals surface area contributed by atoms with E-state index >= 15 is 0 Å². The zero-order chi connectivity index (χ0) is 25.2. The van der Waals surface area contributed by atoms with Crippen LogP contribution in [0.5, 0.6) is 0 Å². The minimum absolute atomic E-state index is 0.171. The fourth-order valence-corrected chi connectivity index (χ4v) is 6.14. The number of ether oxygens (including phenoxy) is 1. The molecule has 1 aromatic carbocycles. The first-order valence-corrected chi connectivity index (χ1v) is 13.3. The number of H-pyrrole nitrogens is 1. The summed E-state index contributed by atoms with van der Waals surface area (Å²) >= 11 is 7.43. The molecule has 2 amide bonds. The van der Waals surface area contributed by atoms with Crippen LogP contribution >= 0.6 is 22.9 Å². The van der Waals surface area contributed by atoms with Crippen LogP contribution in [-0.2, 0) is 22.5 Å². The van der Waals surface area contributed by atoms with Gasteiger partial charge in [0.15, 0.2) is 5.01 Å². The van der Waals surface area contributed by atoms with Gasteiger partial charge in [-0.15, -0.1) is 11.3 Å². The topological polar surface area (TPSA) is 116 Å². The van der Waals surface area contributed by atoms with Crippen molar-refractivity contribution in [1.82, 2.24) is 25.5 Å². The molecule has 0 radical (unpaired) electrons. The van der Waals surface area contributed by atoms with Crippen LogP contribution in [0.15, 0.2) is 24.3 Å². The number of fused-ring (bicyclic) bond motifs is 2. The van der Waals surface area contributed by atoms with Gasteiger partial charge in [0.2, 0.25) is 0 Å². The smallest absolute Gasteiger partial charge is 0.319 e. The van der Waals surface area contributed by atoms with Gasteiger partial charge in [-0.25, -0.2) is 4.98 Å². The summed E-state index contributed by atoms with van der Waals surface area (Å²) in [6.45, 7) is 1.50. The molecule has 2 aromatic heterocycles. The van der Waals surface area contributed by atoms with Crippen LogP contribution in [-0.4, -0.2) is 64.9 Å². The molecule has 0 unspecified atom stereocenters. The van der Waals surface area contributed by atoms with Crippen LogP contribution in [0.2, 0.25) is 5.02 Å². The Morgan fingerprint density at radius 3 is 2.67 bits per heavy atom. The Hall–Kier alpha value is -2.95. The molecule has 36 heavy (non-hydrogen) atoms. The number of amides is 2. The number of esters is 1. The van der Waals surface area contributed by atoms with Crippen molar-refractivity contribution in [2.45, 2.75) is 50.7 Å². The van der Waals surface area contributed by atoms with Gasteiger partial charge in [0.1, 0.15) is 5.69 Å². The summed E-state index contributed by atoms with van der Waals surface area (Å²) in [5.41, 5.74) is 2.22. The molecule has 2 atom stereocenters. The van der Waals surface area contributed by atoms with Gasteiger partial charge >= 0.3 is 5.97 Å². The zero-order valence-corrected chi connectivity index (χ0v) is 21.5. The first-order chi connectivity index (χ1) is 17.4. The second-order valence-corrected chi connectivity index (χ2v) is 10.8. The van der Waals surface area contributed by atoms with Gasteiger partial charge in [-0.1, -0.05) is 24.4 Å². The van der Waals surface area contributed by atoms with Gasteiger partial charge in [-0.05, 0) is 37.1 Å². The molecule has 3 N–H and O–H groups in total. The highest BCUT2D eigenvalue weighted by Gasteiger charge is 2.31. The van der Waals surface area contributed by atoms with Gasteiger partial charge in [0, 0.05) is 52.4 Å². The van der Waals surface area contributed by atoms with E-state index in [9.17, 15) is 14.4 Å². The fourth-order valence-electron chi connectivity index (χ4n) is 4.91. The number of rotatable bonds is 6. The van der Waals surface area contributed by atoms with Crippen molar-refractivity contribution in [3.63, 3.8) is 0 Å². The minimum Gasteiger partial charge on any atom is -0.468 e. The van der Waals surface area contributed by atoms with E-state index in [1.807, 2.05) is 17.0 Å². The van der Waals surface area contributed by atoms with Crippen LogP contribution in [0, 0.1) is 0 Å². The molecule has 3 aromatic rings. The van der Waals surface area contributed by atoms with Crippen LogP contribution in [0.3, 0.4) is 0 Å². The molecule has 1 aliphatic heterocycles. The number of hydrogen-bond acceptors (Lipinski definition) is 7. The molecule has 1 saturated carbocycles. The van der Waals surface area contributed by atoms with E-state index in [2.05, 4.69) is 20.6 Å². The maximum Gasteiger partial charge on any atom is 0.319 e. The summed E-state index contributed by atoms with van der Waals surface area (Å²) < 4.78 is 4.76. The van der Waals surface area contributed by atoms with Crippen LogP contribution in [0.1, 0.15) is 56.5 Å². The number of benzene rings is 1. The lowest BCUT2D eigenvalue weighted by Gasteiger charge is -2.32. The van der Waals surface area contributed by atoms with E-state index in [-0.39, 0.29) is 36.4 Å². The number of aromatic amines is 1. The number of hydrogen-bond donors (Lipinski definition) is 3. The Morgan fingerprint density at radius 2 is 1.92 bits per heavy atom. The van der Waals surface area contributed by atoms with Crippen molar-refractivity contribution in [3.8, 4) is 0 Å². The summed E-state index contributed by atoms with van der Waals surface area (Å²) in [6, 6.07) is 6.88. The first kappa shape index (κ1) is 24.7. The fraction of sp³-hybridized carbons (Fsp3) is 0.440. The lowest BCUT2D eigenvalue weighted by Crippen LogP contribution is -2.53. The second-order valence-electron chi connectivity index (χ2n) is 9.28. The van der Waals surface area contributed by atoms with E-state index < -0.39 is 0 Å². The Bertz CT molecular complexity index is 1300. The van der Waals surface area contributed by atoms with E-state index in [1.165, 1.54) is 18.4 Å². The number of nitrogens with zero attached hydrogens (tertiary/aromatic N) is 2. The van der Waals surface area contributed by atoms with Gasteiger partial charge < -0.3 is 20.4 Å². The lowest BCUT2D eigenvalue weighted by molar-refractivity contribution is -0.142. The standard InChI is InChI=1S/C25H28ClN5O4S/c1-35-22(32)13-31-9-8-19-21(12-31)36-25(30-19)24(34)29-18-5-3-2-4-17(18)28-23(33)20-11-14-10-15(26)6-7-16(14)27-20/h6-7,10-11,17-18,27H,2-5,8-9,12-13H2,1H3,(H,28,33)(H,29,34)/t17-,18+/m1/s1. The number of carbonyl (C=O) groups excluding carboxylic acids is 3. The summed E-state index contributed by atoms with van der Waals surface area (Å²) in [5.74, 6) is -0.702. The van der Waals surface area contributed by atoms with Crippen LogP contribution < -0.4 is 10.6 Å². The molecule has 0 saturated heterocycles. The predicted octanol–water partition coefficient (Wildman–Crippen LogP) is 3.28. The monoisotopic (exact) mass is 529 g/mol. The van der Waals surface area contributed by atoms with Crippen molar-refractivity contribution in [3.05, 3.63) is 50.6 Å². The van der Waals surface area contributed by atoms with E-state index in [4.69, 9.17) is 16.3 Å². The Morgan fingerprint density at radius 1 is 1.17 bits per heavy atom. The number of halogens is 1. The molecule has 0 bridgehead atoms. The maximum atomic E-state index is 13.1. The molecule has 11 heteroatoms. The minimum atomic E-state index is -0.275. The predicted molar refractivity (Wildman–Crippen MR) is 137 cm³/mol. The maximum absolute atomic E-state index is 13.1. The molecule has 1 aliphatic carbocycles. The van der Waals surface area contributed by atoms with E-state index in [0.29, 0.717) is 35.2 Å². The molecular weight excluding hydrogens is 502 g/mol. The van der Waals surface area contributed by atoms with Crippen molar-refractivity contribution in [2.24, 2.45) is 0 Å². The molecule has 9 nitrogen and oxygen atoms in total. The van der Waals surface area contributed by atoms with Crippen LogP contribution in [0.4, 0.5) is 0 Å². The Kier molecular flexibility index (Phi) is 7.27. The third kappa shape index (κ3) is 5.40. The van der Waals surface area contributed by atoms with Crippen molar-refractivity contribution < 1.29 is 19.1 Å². The summed E-state index contributed by atoms with van der Waals surface area (Å²) in [6.07, 6.45) is 4.24. The molecule has 1 fully saturated rings.